The van der Waals surface area contributed by atoms with Gasteiger partial charge in [0.15, 0.2) is 0 Å². The van der Waals surface area contributed by atoms with E-state index < -0.39 is 26.9 Å². The molecule has 172 valence electrons. The summed E-state index contributed by atoms with van der Waals surface area (Å²) in [5, 5.41) is 9.30. The van der Waals surface area contributed by atoms with Gasteiger partial charge < -0.3 is 0 Å². The first kappa shape index (κ1) is 25.6. The smallest absolute Gasteiger partial charge is 0.261 e. The van der Waals surface area contributed by atoms with Crippen molar-refractivity contribution in [3.63, 3.8) is 0 Å². The van der Waals surface area contributed by atoms with Crippen LogP contribution in [0.15, 0.2) is 41.9 Å². The number of halogens is 3. The third kappa shape index (κ3) is 5.57. The Hall–Kier alpha value is -2.66. The molecular formula is C24H28F3N3OS. The SMILES string of the molecule is C=C(CC)c1ccc(C2(C#N)CC2)cc1S(=N)(=O)CC.Cc1cc(C(F)(F)F)cnc1C. The lowest BCUT2D eigenvalue weighted by atomic mass is 9.94. The Labute approximate surface area is 188 Å². The highest BCUT2D eigenvalue weighted by Gasteiger charge is 2.45. The molecule has 1 atom stereocenters. The van der Waals surface area contributed by atoms with Crippen LogP contribution in [0.1, 0.15) is 61.1 Å². The van der Waals surface area contributed by atoms with Crippen molar-refractivity contribution < 1.29 is 17.4 Å². The first-order chi connectivity index (χ1) is 14.8. The van der Waals surface area contributed by atoms with Crippen LogP contribution >= 0.6 is 0 Å². The lowest BCUT2D eigenvalue weighted by Crippen LogP contribution is -2.09. The molecule has 1 heterocycles. The van der Waals surface area contributed by atoms with Crippen molar-refractivity contribution in [1.29, 1.82) is 10.0 Å². The molecule has 0 saturated heterocycles. The minimum absolute atomic E-state index is 0.278. The summed E-state index contributed by atoms with van der Waals surface area (Å²) in [4.78, 5) is 4.17. The van der Waals surface area contributed by atoms with Gasteiger partial charge in [-0.25, -0.2) is 8.99 Å². The van der Waals surface area contributed by atoms with E-state index in [2.05, 4.69) is 17.6 Å². The lowest BCUT2D eigenvalue weighted by molar-refractivity contribution is -0.137. The monoisotopic (exact) mass is 463 g/mol. The maximum absolute atomic E-state index is 12.5. The number of nitrogens with one attached hydrogen (secondary N) is 1. The molecule has 1 aromatic carbocycles. The number of benzene rings is 1. The Morgan fingerprint density at radius 3 is 2.34 bits per heavy atom. The number of aryl methyl sites for hydroxylation is 2. The third-order valence-corrected chi connectivity index (χ3v) is 7.60. The number of alkyl halides is 3. The number of rotatable bonds is 5. The largest absolute Gasteiger partial charge is 0.417 e. The van der Waals surface area contributed by atoms with Gasteiger partial charge in [-0.1, -0.05) is 32.6 Å². The van der Waals surface area contributed by atoms with Crippen molar-refractivity contribution in [2.24, 2.45) is 0 Å². The predicted octanol–water partition coefficient (Wildman–Crippen LogP) is 6.81. The molecule has 0 aliphatic heterocycles. The van der Waals surface area contributed by atoms with Crippen LogP contribution in [0.2, 0.25) is 0 Å². The van der Waals surface area contributed by atoms with Crippen molar-refractivity contribution >= 4 is 15.3 Å². The number of aromatic nitrogens is 1. The zero-order chi connectivity index (χ0) is 24.3. The Kier molecular flexibility index (Phi) is 7.56. The van der Waals surface area contributed by atoms with Crippen LogP contribution in [0, 0.1) is 30.0 Å². The summed E-state index contributed by atoms with van der Waals surface area (Å²) in [5.41, 5.74) is 2.69. The molecule has 1 saturated carbocycles. The summed E-state index contributed by atoms with van der Waals surface area (Å²) in [6.07, 6.45) is -0.979. The normalized spacial score (nSPS) is 16.2. The predicted molar refractivity (Wildman–Crippen MR) is 121 cm³/mol. The van der Waals surface area contributed by atoms with E-state index in [4.69, 9.17) is 4.78 Å². The van der Waals surface area contributed by atoms with Gasteiger partial charge in [0.25, 0.3) is 0 Å². The van der Waals surface area contributed by atoms with Gasteiger partial charge in [0.2, 0.25) is 0 Å². The molecule has 4 nitrogen and oxygen atoms in total. The van der Waals surface area contributed by atoms with Crippen molar-refractivity contribution in [1.82, 2.24) is 4.98 Å². The second kappa shape index (κ2) is 9.45. The third-order valence-electron chi connectivity index (χ3n) is 5.73. The average molecular weight is 464 g/mol. The highest BCUT2D eigenvalue weighted by atomic mass is 32.2. The van der Waals surface area contributed by atoms with Crippen LogP contribution in [0.25, 0.3) is 5.57 Å². The highest BCUT2D eigenvalue weighted by molar-refractivity contribution is 7.92. The summed E-state index contributed by atoms with van der Waals surface area (Å²) in [6.45, 7) is 11.0. The van der Waals surface area contributed by atoms with Gasteiger partial charge >= 0.3 is 6.18 Å². The molecule has 1 aliphatic carbocycles. The fourth-order valence-corrected chi connectivity index (χ4v) is 4.32. The second-order valence-corrected chi connectivity index (χ2v) is 10.3. The maximum atomic E-state index is 12.5. The lowest BCUT2D eigenvalue weighted by Gasteiger charge is -2.16. The van der Waals surface area contributed by atoms with E-state index in [0.717, 1.165) is 48.2 Å². The summed E-state index contributed by atoms with van der Waals surface area (Å²) >= 11 is 0. The van der Waals surface area contributed by atoms with E-state index in [9.17, 15) is 22.6 Å². The Balaban J connectivity index is 0.000000258. The van der Waals surface area contributed by atoms with Crippen molar-refractivity contribution in [3.05, 3.63) is 65.0 Å². The van der Waals surface area contributed by atoms with E-state index in [1.165, 1.54) is 0 Å². The average Bonchev–Trinajstić information content (AvgIpc) is 3.55. The minimum Gasteiger partial charge on any atom is -0.261 e. The first-order valence-corrected chi connectivity index (χ1v) is 12.0. The van der Waals surface area contributed by atoms with Crippen molar-refractivity contribution in [2.45, 2.75) is 63.4 Å². The molecule has 2 aromatic rings. The molecule has 1 fully saturated rings. The number of nitrogens with zero attached hydrogens (tertiary/aromatic N) is 2. The summed E-state index contributed by atoms with van der Waals surface area (Å²) < 4.78 is 56.8. The van der Waals surface area contributed by atoms with Gasteiger partial charge in [-0.15, -0.1) is 0 Å². The van der Waals surface area contributed by atoms with Gasteiger partial charge in [-0.2, -0.15) is 18.4 Å². The van der Waals surface area contributed by atoms with Crippen LogP contribution in [0.4, 0.5) is 13.2 Å². The molecule has 3 rings (SSSR count). The standard InChI is InChI=1S/C16H20N2OS.C8H8F3N/c1-4-12(3)14-7-6-13(16(11-17)8-9-16)10-15(14)20(18,19)5-2;1-5-3-7(8(9,10)11)4-12-6(5)2/h6-7,10,18H,3-5,8-9H2,1-2H3;3-4H,1-2H3. The van der Waals surface area contributed by atoms with Crippen molar-refractivity contribution in [3.8, 4) is 6.07 Å². The number of hydrogen-bond donors (Lipinski definition) is 1. The van der Waals surface area contributed by atoms with E-state index in [-0.39, 0.29) is 5.75 Å². The molecule has 1 aliphatic rings. The fraction of sp³-hybridized carbons (Fsp3) is 0.417. The molecule has 0 amide bonds. The zero-order valence-corrected chi connectivity index (χ0v) is 19.6. The van der Waals surface area contributed by atoms with Gasteiger partial charge in [0.05, 0.1) is 31.7 Å². The quantitative estimate of drug-likeness (QED) is 0.529. The molecule has 32 heavy (non-hydrogen) atoms. The van der Waals surface area contributed by atoms with Gasteiger partial charge in [0, 0.05) is 17.6 Å². The fourth-order valence-electron chi connectivity index (χ4n) is 3.12. The van der Waals surface area contributed by atoms with E-state index in [1.54, 1.807) is 20.8 Å². The number of hydrogen-bond acceptors (Lipinski definition) is 4. The number of nitriles is 1. The van der Waals surface area contributed by atoms with E-state index in [0.29, 0.717) is 16.2 Å². The Bertz CT molecular complexity index is 1160. The molecule has 0 spiro atoms. The molecule has 1 unspecified atom stereocenters. The molecular weight excluding hydrogens is 435 g/mol. The zero-order valence-electron chi connectivity index (χ0n) is 18.8. The molecule has 1 aromatic heterocycles. The van der Waals surface area contributed by atoms with Gasteiger partial charge in [-0.3, -0.25) is 4.98 Å². The summed E-state index contributed by atoms with van der Waals surface area (Å²) in [7, 11) is -2.82. The van der Waals surface area contributed by atoms with Crippen LogP contribution < -0.4 is 0 Å². The van der Waals surface area contributed by atoms with E-state index in [1.807, 2.05) is 25.1 Å². The summed E-state index contributed by atoms with van der Waals surface area (Å²) in [6, 6.07) is 9.08. The van der Waals surface area contributed by atoms with Gasteiger partial charge in [-0.05, 0) is 67.5 Å². The molecule has 0 bridgehead atoms. The topological polar surface area (TPSA) is 77.6 Å². The van der Waals surface area contributed by atoms with Crippen LogP contribution in [-0.4, -0.2) is 14.9 Å². The maximum Gasteiger partial charge on any atom is 0.417 e. The van der Waals surface area contributed by atoms with Crippen LogP contribution in [-0.2, 0) is 21.3 Å². The van der Waals surface area contributed by atoms with Crippen LogP contribution in [0.5, 0.6) is 0 Å². The summed E-state index contributed by atoms with van der Waals surface area (Å²) in [5.74, 6) is 0.278. The highest BCUT2D eigenvalue weighted by Crippen LogP contribution is 2.48. The Morgan fingerprint density at radius 2 is 1.91 bits per heavy atom. The van der Waals surface area contributed by atoms with E-state index >= 15 is 0 Å². The van der Waals surface area contributed by atoms with Crippen molar-refractivity contribution in [2.75, 3.05) is 5.75 Å². The second-order valence-electron chi connectivity index (χ2n) is 7.95. The van der Waals surface area contributed by atoms with Gasteiger partial charge in [0.1, 0.15) is 0 Å². The minimum atomic E-state index is -4.29. The molecule has 8 heteroatoms. The molecule has 1 N–H and O–H groups in total. The molecule has 0 radical (unpaired) electrons. The number of pyridine rings is 1. The first-order valence-electron chi connectivity index (χ1n) is 10.3. The van der Waals surface area contributed by atoms with Crippen LogP contribution in [0.3, 0.4) is 0 Å². The number of allylic oxidation sites excluding steroid dienone is 1. The Morgan fingerprint density at radius 1 is 1.28 bits per heavy atom.